The molecule has 8 heteroatoms. The Morgan fingerprint density at radius 3 is 2.17 bits per heavy atom. The van der Waals surface area contributed by atoms with Crippen LogP contribution in [0.1, 0.15) is 36.6 Å². The lowest BCUT2D eigenvalue weighted by Crippen LogP contribution is -2.16. The van der Waals surface area contributed by atoms with E-state index in [1.165, 1.54) is 43.5 Å². The number of nitrogens with one attached hydrogen (secondary N) is 1. The van der Waals surface area contributed by atoms with Crippen molar-refractivity contribution in [3.63, 3.8) is 0 Å². The van der Waals surface area contributed by atoms with Gasteiger partial charge in [0.2, 0.25) is 0 Å². The Kier molecular flexibility index (Phi) is 6.40. The number of carbonyl (C=O) groups excluding carboxylic acids is 3. The molecule has 0 heterocycles. The van der Waals surface area contributed by atoms with Crippen molar-refractivity contribution in [1.82, 2.24) is 0 Å². The first-order chi connectivity index (χ1) is 14.3. The van der Waals surface area contributed by atoms with Gasteiger partial charge in [0.25, 0.3) is 5.91 Å². The van der Waals surface area contributed by atoms with Crippen molar-refractivity contribution >= 4 is 52.2 Å². The molecule has 0 saturated heterocycles. The Bertz CT molecular complexity index is 1140. The Balaban J connectivity index is 1.95. The second-order valence-corrected chi connectivity index (χ2v) is 7.13. The molecule has 0 saturated carbocycles. The van der Waals surface area contributed by atoms with Gasteiger partial charge >= 0.3 is 5.97 Å². The maximum Gasteiger partial charge on any atom is 0.339 e. The summed E-state index contributed by atoms with van der Waals surface area (Å²) >= 11 is 11.9. The van der Waals surface area contributed by atoms with E-state index in [4.69, 9.17) is 33.7 Å². The summed E-state index contributed by atoms with van der Waals surface area (Å²) < 4.78 is 4.80. The average molecular weight is 443 g/mol. The molecule has 0 radical (unpaired) electrons. The zero-order valence-electron chi connectivity index (χ0n) is 15.7. The Hall–Kier alpha value is -3.35. The van der Waals surface area contributed by atoms with Crippen LogP contribution in [-0.4, -0.2) is 24.8 Å². The highest BCUT2D eigenvalue weighted by Gasteiger charge is 2.19. The molecule has 1 amide bonds. The van der Waals surface area contributed by atoms with E-state index in [-0.39, 0.29) is 33.2 Å². The van der Waals surface area contributed by atoms with Gasteiger partial charge < -0.3 is 15.8 Å². The van der Waals surface area contributed by atoms with Gasteiger partial charge in [0.15, 0.2) is 5.78 Å². The minimum Gasteiger partial charge on any atom is -0.465 e. The number of hydrogen-bond donors (Lipinski definition) is 2. The predicted octanol–water partition coefficient (Wildman–Crippen LogP) is 4.85. The lowest BCUT2D eigenvalue weighted by atomic mass is 10.00. The average Bonchev–Trinajstić information content (AvgIpc) is 2.73. The zero-order chi connectivity index (χ0) is 21.8. The molecular formula is C22H16Cl2N2O4. The van der Waals surface area contributed by atoms with Crippen LogP contribution < -0.4 is 11.1 Å². The van der Waals surface area contributed by atoms with Crippen molar-refractivity contribution < 1.29 is 19.1 Å². The highest BCUT2D eigenvalue weighted by molar-refractivity contribution is 6.37. The fourth-order valence-corrected chi connectivity index (χ4v) is 3.23. The number of esters is 1. The molecule has 3 aromatic carbocycles. The largest absolute Gasteiger partial charge is 0.465 e. The number of methoxy groups -OCH3 is 1. The number of amides is 1. The number of rotatable bonds is 5. The van der Waals surface area contributed by atoms with Gasteiger partial charge in [0, 0.05) is 21.8 Å². The third-order valence-corrected chi connectivity index (χ3v) is 4.83. The molecule has 3 N–H and O–H groups in total. The first kappa shape index (κ1) is 21.4. The molecule has 0 aliphatic carbocycles. The molecule has 3 aromatic rings. The summed E-state index contributed by atoms with van der Waals surface area (Å²) in [5.41, 5.74) is 7.22. The summed E-state index contributed by atoms with van der Waals surface area (Å²) in [6, 6.07) is 15.2. The lowest BCUT2D eigenvalue weighted by molar-refractivity contribution is 0.0602. The van der Waals surface area contributed by atoms with E-state index in [1.807, 2.05) is 0 Å². The number of hydrogen-bond acceptors (Lipinski definition) is 5. The van der Waals surface area contributed by atoms with Crippen molar-refractivity contribution in [1.29, 1.82) is 0 Å². The maximum absolute atomic E-state index is 12.7. The topological polar surface area (TPSA) is 98.5 Å². The molecular weight excluding hydrogens is 427 g/mol. The van der Waals surface area contributed by atoms with E-state index in [9.17, 15) is 14.4 Å². The molecule has 0 bridgehead atoms. The van der Waals surface area contributed by atoms with Crippen molar-refractivity contribution in [2.45, 2.75) is 0 Å². The molecule has 0 aromatic heterocycles. The van der Waals surface area contributed by atoms with E-state index >= 15 is 0 Å². The summed E-state index contributed by atoms with van der Waals surface area (Å²) in [5.74, 6) is -1.56. The SMILES string of the molecule is COC(=O)c1cc(C(=O)c2ccc(N)cc2)ccc1NC(=O)c1ccc(Cl)cc1Cl. The first-order valence-corrected chi connectivity index (χ1v) is 9.44. The van der Waals surface area contributed by atoms with Crippen LogP contribution >= 0.6 is 23.2 Å². The third-order valence-electron chi connectivity index (χ3n) is 4.28. The first-order valence-electron chi connectivity index (χ1n) is 8.69. The highest BCUT2D eigenvalue weighted by atomic mass is 35.5. The molecule has 6 nitrogen and oxygen atoms in total. The maximum atomic E-state index is 12.7. The number of halogens is 2. The van der Waals surface area contributed by atoms with Gasteiger partial charge in [-0.25, -0.2) is 4.79 Å². The number of ether oxygens (including phenoxy) is 1. The molecule has 0 aliphatic rings. The van der Waals surface area contributed by atoms with Gasteiger partial charge in [-0.05, 0) is 60.7 Å². The summed E-state index contributed by atoms with van der Waals surface area (Å²) in [6.07, 6.45) is 0. The molecule has 152 valence electrons. The quantitative estimate of drug-likeness (QED) is 0.334. The summed E-state index contributed by atoms with van der Waals surface area (Å²) in [5, 5.41) is 3.17. The minimum absolute atomic E-state index is 0.0252. The van der Waals surface area contributed by atoms with E-state index in [2.05, 4.69) is 5.32 Å². The molecule has 0 aliphatic heterocycles. The summed E-state index contributed by atoms with van der Waals surface area (Å²) in [6.45, 7) is 0. The van der Waals surface area contributed by atoms with Gasteiger partial charge in [-0.3, -0.25) is 9.59 Å². The lowest BCUT2D eigenvalue weighted by Gasteiger charge is -2.12. The number of ketones is 1. The molecule has 30 heavy (non-hydrogen) atoms. The minimum atomic E-state index is -0.709. The number of anilines is 2. The van der Waals surface area contributed by atoms with Gasteiger partial charge in [-0.1, -0.05) is 23.2 Å². The third kappa shape index (κ3) is 4.62. The number of nitrogen functional groups attached to an aromatic ring is 1. The number of carbonyl (C=O) groups is 3. The fraction of sp³-hybridized carbons (Fsp3) is 0.0455. The van der Waals surface area contributed by atoms with E-state index in [1.54, 1.807) is 24.3 Å². The van der Waals surface area contributed by atoms with Crippen LogP contribution in [0.3, 0.4) is 0 Å². The van der Waals surface area contributed by atoms with Gasteiger partial charge in [-0.2, -0.15) is 0 Å². The monoisotopic (exact) mass is 442 g/mol. The smallest absolute Gasteiger partial charge is 0.339 e. The van der Waals surface area contributed by atoms with Crippen LogP contribution in [0.25, 0.3) is 0 Å². The van der Waals surface area contributed by atoms with Crippen molar-refractivity contribution in [3.8, 4) is 0 Å². The highest BCUT2D eigenvalue weighted by Crippen LogP contribution is 2.25. The van der Waals surface area contributed by atoms with Gasteiger partial charge in [-0.15, -0.1) is 0 Å². The standard InChI is InChI=1S/C22H16Cl2N2O4/c1-30-22(29)17-10-13(20(27)12-2-6-15(25)7-3-12)4-9-19(17)26-21(28)16-8-5-14(23)11-18(16)24/h2-11H,25H2,1H3,(H,26,28). The molecule has 0 spiro atoms. The fourth-order valence-electron chi connectivity index (χ4n) is 2.74. The normalized spacial score (nSPS) is 10.4. The molecule has 0 unspecified atom stereocenters. The van der Waals surface area contributed by atoms with Crippen LogP contribution in [0.15, 0.2) is 60.7 Å². The Morgan fingerprint density at radius 2 is 1.53 bits per heavy atom. The Morgan fingerprint density at radius 1 is 0.867 bits per heavy atom. The van der Waals surface area contributed by atoms with Crippen LogP contribution in [-0.2, 0) is 4.74 Å². The summed E-state index contributed by atoms with van der Waals surface area (Å²) in [4.78, 5) is 37.6. The van der Waals surface area contributed by atoms with Crippen molar-refractivity contribution in [2.75, 3.05) is 18.2 Å². The van der Waals surface area contributed by atoms with Crippen molar-refractivity contribution in [3.05, 3.63) is 93.0 Å². The Labute approximate surface area is 182 Å². The van der Waals surface area contributed by atoms with Crippen LogP contribution in [0.4, 0.5) is 11.4 Å². The van der Waals surface area contributed by atoms with Crippen molar-refractivity contribution in [2.24, 2.45) is 0 Å². The number of nitrogens with two attached hydrogens (primary N) is 1. The second-order valence-electron chi connectivity index (χ2n) is 6.28. The predicted molar refractivity (Wildman–Crippen MR) is 116 cm³/mol. The molecule has 0 fully saturated rings. The van der Waals surface area contributed by atoms with Gasteiger partial charge in [0.1, 0.15) is 0 Å². The molecule has 0 atom stereocenters. The zero-order valence-corrected chi connectivity index (χ0v) is 17.3. The van der Waals surface area contributed by atoms with E-state index in [0.29, 0.717) is 16.3 Å². The van der Waals surface area contributed by atoms with Gasteiger partial charge in [0.05, 0.1) is 28.9 Å². The van der Waals surface area contributed by atoms with E-state index in [0.717, 1.165) is 0 Å². The second kappa shape index (κ2) is 8.98. The van der Waals surface area contributed by atoms with Crippen LogP contribution in [0, 0.1) is 0 Å². The molecule has 3 rings (SSSR count). The number of benzene rings is 3. The van der Waals surface area contributed by atoms with Crippen LogP contribution in [0.5, 0.6) is 0 Å². The summed E-state index contributed by atoms with van der Waals surface area (Å²) in [7, 11) is 1.21. The van der Waals surface area contributed by atoms with Crippen LogP contribution in [0.2, 0.25) is 10.0 Å². The van der Waals surface area contributed by atoms with E-state index < -0.39 is 11.9 Å².